The van der Waals surface area contributed by atoms with Gasteiger partial charge in [-0.05, 0) is 22.4 Å². The molecule has 1 aromatic heterocycles. The SMILES string of the molecule is c1ccc2c(C[NH2+]CCc3c[nH]c4ccccc34)cccc2c1. The standard InChI is InChI=1S/C21H20N2/c1-2-9-19-16(6-1)7-5-8-17(19)14-22-13-12-18-15-23-21-11-4-3-10-20(18)21/h1-11,15,22-23H,12-14H2/p+1. The first kappa shape index (κ1) is 14.0. The van der Waals surface area contributed by atoms with Gasteiger partial charge in [0.15, 0.2) is 0 Å². The average Bonchev–Trinajstić information content (AvgIpc) is 3.02. The molecule has 0 saturated carbocycles. The van der Waals surface area contributed by atoms with Crippen LogP contribution in [0.4, 0.5) is 0 Å². The summed E-state index contributed by atoms with van der Waals surface area (Å²) in [4.78, 5) is 3.36. The summed E-state index contributed by atoms with van der Waals surface area (Å²) >= 11 is 0. The van der Waals surface area contributed by atoms with Crippen LogP contribution in [0, 0.1) is 0 Å². The molecule has 0 aliphatic carbocycles. The summed E-state index contributed by atoms with van der Waals surface area (Å²) in [5, 5.41) is 6.46. The van der Waals surface area contributed by atoms with Crippen molar-refractivity contribution in [2.45, 2.75) is 13.0 Å². The van der Waals surface area contributed by atoms with E-state index in [0.29, 0.717) is 0 Å². The number of rotatable bonds is 5. The van der Waals surface area contributed by atoms with Crippen molar-refractivity contribution in [1.82, 2.24) is 4.98 Å². The van der Waals surface area contributed by atoms with Crippen molar-refractivity contribution in [3.05, 3.63) is 84.1 Å². The Balaban J connectivity index is 1.42. The van der Waals surface area contributed by atoms with Gasteiger partial charge in [-0.3, -0.25) is 0 Å². The van der Waals surface area contributed by atoms with Gasteiger partial charge in [-0.1, -0.05) is 60.7 Å². The third-order valence-electron chi connectivity index (χ3n) is 4.54. The van der Waals surface area contributed by atoms with Gasteiger partial charge in [-0.2, -0.15) is 0 Å². The van der Waals surface area contributed by atoms with Crippen LogP contribution in [0.2, 0.25) is 0 Å². The molecule has 3 aromatic carbocycles. The fraction of sp³-hybridized carbons (Fsp3) is 0.143. The lowest BCUT2D eigenvalue weighted by Crippen LogP contribution is -2.83. The second-order valence-electron chi connectivity index (χ2n) is 6.03. The van der Waals surface area contributed by atoms with Crippen LogP contribution in [0.3, 0.4) is 0 Å². The molecule has 0 amide bonds. The molecule has 0 aliphatic heterocycles. The number of aromatic nitrogens is 1. The number of quaternary nitrogens is 1. The van der Waals surface area contributed by atoms with Crippen LogP contribution < -0.4 is 5.32 Å². The van der Waals surface area contributed by atoms with Gasteiger partial charge in [-0.25, -0.2) is 0 Å². The van der Waals surface area contributed by atoms with E-state index in [1.807, 2.05) is 0 Å². The largest absolute Gasteiger partial charge is 0.361 e. The Morgan fingerprint density at radius 2 is 1.52 bits per heavy atom. The van der Waals surface area contributed by atoms with Gasteiger partial charge in [0.25, 0.3) is 0 Å². The molecule has 0 spiro atoms. The summed E-state index contributed by atoms with van der Waals surface area (Å²) in [6.07, 6.45) is 3.24. The van der Waals surface area contributed by atoms with Gasteiger partial charge >= 0.3 is 0 Å². The highest BCUT2D eigenvalue weighted by Crippen LogP contribution is 2.18. The zero-order valence-corrected chi connectivity index (χ0v) is 13.1. The minimum Gasteiger partial charge on any atom is -0.361 e. The summed E-state index contributed by atoms with van der Waals surface area (Å²) in [6.45, 7) is 2.13. The first-order chi connectivity index (χ1) is 11.4. The molecule has 0 atom stereocenters. The number of hydrogen-bond donors (Lipinski definition) is 2. The maximum atomic E-state index is 3.36. The van der Waals surface area contributed by atoms with Crippen LogP contribution in [-0.4, -0.2) is 11.5 Å². The maximum Gasteiger partial charge on any atom is 0.102 e. The second kappa shape index (κ2) is 6.27. The smallest absolute Gasteiger partial charge is 0.102 e. The molecule has 0 aliphatic rings. The highest BCUT2D eigenvalue weighted by atomic mass is 14.8. The molecule has 0 saturated heterocycles. The monoisotopic (exact) mass is 301 g/mol. The first-order valence-electron chi connectivity index (χ1n) is 8.25. The lowest BCUT2D eigenvalue weighted by Gasteiger charge is -2.06. The molecule has 4 rings (SSSR count). The molecule has 0 bridgehead atoms. The van der Waals surface area contributed by atoms with Gasteiger partial charge in [0.2, 0.25) is 0 Å². The summed E-state index contributed by atoms with van der Waals surface area (Å²) in [5.41, 5.74) is 4.06. The van der Waals surface area contributed by atoms with Crippen LogP contribution in [0.25, 0.3) is 21.7 Å². The van der Waals surface area contributed by atoms with Crippen molar-refractivity contribution in [3.63, 3.8) is 0 Å². The summed E-state index contributed by atoms with van der Waals surface area (Å²) < 4.78 is 0. The molecule has 1 heterocycles. The van der Waals surface area contributed by atoms with Crippen LogP contribution >= 0.6 is 0 Å². The molecule has 4 aromatic rings. The lowest BCUT2D eigenvalue weighted by atomic mass is 10.0. The summed E-state index contributed by atoms with van der Waals surface area (Å²) in [7, 11) is 0. The third-order valence-corrected chi connectivity index (χ3v) is 4.54. The lowest BCUT2D eigenvalue weighted by molar-refractivity contribution is -0.669. The van der Waals surface area contributed by atoms with E-state index in [1.54, 1.807) is 0 Å². The average molecular weight is 301 g/mol. The number of benzene rings is 3. The molecular weight excluding hydrogens is 280 g/mol. The number of H-pyrrole nitrogens is 1. The van der Waals surface area contributed by atoms with Gasteiger partial charge in [0, 0.05) is 29.1 Å². The molecule has 2 heteroatoms. The van der Waals surface area contributed by atoms with Crippen LogP contribution in [0.1, 0.15) is 11.1 Å². The minimum absolute atomic E-state index is 1.03. The minimum atomic E-state index is 1.03. The number of aromatic amines is 1. The number of fused-ring (bicyclic) bond motifs is 2. The predicted octanol–water partition coefficient (Wildman–Crippen LogP) is 3.63. The zero-order valence-electron chi connectivity index (χ0n) is 13.1. The van der Waals surface area contributed by atoms with Crippen LogP contribution in [0.5, 0.6) is 0 Å². The Kier molecular flexibility index (Phi) is 3.83. The van der Waals surface area contributed by atoms with E-state index in [1.165, 1.54) is 32.8 Å². The molecule has 114 valence electrons. The molecule has 0 unspecified atom stereocenters. The molecular formula is C21H21N2+. The third kappa shape index (κ3) is 2.86. The Bertz CT molecular complexity index is 931. The Hall–Kier alpha value is -2.58. The second-order valence-corrected chi connectivity index (χ2v) is 6.03. The normalized spacial score (nSPS) is 11.3. The summed E-state index contributed by atoms with van der Waals surface area (Å²) in [6, 6.07) is 23.7. The van der Waals surface area contributed by atoms with Gasteiger partial charge in [-0.15, -0.1) is 0 Å². The van der Waals surface area contributed by atoms with Crippen molar-refractivity contribution < 1.29 is 5.32 Å². The van der Waals surface area contributed by atoms with E-state index < -0.39 is 0 Å². The topological polar surface area (TPSA) is 32.4 Å². The van der Waals surface area contributed by atoms with E-state index >= 15 is 0 Å². The zero-order chi connectivity index (χ0) is 15.5. The van der Waals surface area contributed by atoms with Gasteiger partial charge < -0.3 is 10.3 Å². The van der Waals surface area contributed by atoms with Crippen molar-refractivity contribution in [2.24, 2.45) is 0 Å². The molecule has 3 N–H and O–H groups in total. The fourth-order valence-electron chi connectivity index (χ4n) is 3.32. The van der Waals surface area contributed by atoms with Crippen molar-refractivity contribution in [1.29, 1.82) is 0 Å². The quantitative estimate of drug-likeness (QED) is 0.528. The van der Waals surface area contributed by atoms with Gasteiger partial charge in [0.1, 0.15) is 6.54 Å². The fourth-order valence-corrected chi connectivity index (χ4v) is 3.32. The highest BCUT2D eigenvalue weighted by Gasteiger charge is 2.05. The molecule has 2 nitrogen and oxygen atoms in total. The first-order valence-corrected chi connectivity index (χ1v) is 8.25. The van der Waals surface area contributed by atoms with E-state index in [2.05, 4.69) is 83.2 Å². The Morgan fingerprint density at radius 1 is 0.739 bits per heavy atom. The summed E-state index contributed by atoms with van der Waals surface area (Å²) in [5.74, 6) is 0. The van der Waals surface area contributed by atoms with Crippen molar-refractivity contribution in [2.75, 3.05) is 6.54 Å². The highest BCUT2D eigenvalue weighted by molar-refractivity contribution is 5.85. The van der Waals surface area contributed by atoms with Crippen LogP contribution in [-0.2, 0) is 13.0 Å². The number of para-hydroxylation sites is 1. The maximum absolute atomic E-state index is 3.36. The Morgan fingerprint density at radius 3 is 2.48 bits per heavy atom. The van der Waals surface area contributed by atoms with Crippen molar-refractivity contribution >= 4 is 21.7 Å². The Labute approximate surface area is 136 Å². The molecule has 0 fully saturated rings. The predicted molar refractivity (Wildman–Crippen MR) is 96.4 cm³/mol. The van der Waals surface area contributed by atoms with Gasteiger partial charge in [0.05, 0.1) is 6.54 Å². The van der Waals surface area contributed by atoms with E-state index in [4.69, 9.17) is 0 Å². The molecule has 23 heavy (non-hydrogen) atoms. The number of hydrogen-bond acceptors (Lipinski definition) is 0. The molecule has 0 radical (unpaired) electrons. The van der Waals surface area contributed by atoms with Crippen LogP contribution in [0.15, 0.2) is 72.9 Å². The van der Waals surface area contributed by atoms with E-state index in [0.717, 1.165) is 19.5 Å². The van der Waals surface area contributed by atoms with E-state index in [9.17, 15) is 0 Å². The number of nitrogens with two attached hydrogens (primary N) is 1. The van der Waals surface area contributed by atoms with E-state index in [-0.39, 0.29) is 0 Å². The van der Waals surface area contributed by atoms with Crippen molar-refractivity contribution in [3.8, 4) is 0 Å². The number of nitrogens with one attached hydrogen (secondary N) is 1.